The van der Waals surface area contributed by atoms with Crippen molar-refractivity contribution < 1.29 is 14.3 Å². The van der Waals surface area contributed by atoms with Crippen LogP contribution in [0.2, 0.25) is 5.02 Å². The van der Waals surface area contributed by atoms with E-state index in [0.29, 0.717) is 29.6 Å². The zero-order valence-electron chi connectivity index (χ0n) is 18.9. The van der Waals surface area contributed by atoms with Crippen LogP contribution in [-0.2, 0) is 16.2 Å². The van der Waals surface area contributed by atoms with E-state index in [2.05, 4.69) is 26.8 Å². The van der Waals surface area contributed by atoms with Gasteiger partial charge in [0.15, 0.2) is 0 Å². The highest BCUT2D eigenvalue weighted by atomic mass is 79.9. The SMILES string of the molecule is Cc1ccc(N2C[C@H](C(=O)NNc3ccc(OCc4ccccc4Cl)c(Br)c3)CC2=O)cc1C. The van der Waals surface area contributed by atoms with E-state index >= 15 is 0 Å². The van der Waals surface area contributed by atoms with Crippen LogP contribution in [0.3, 0.4) is 0 Å². The number of nitrogens with one attached hydrogen (secondary N) is 2. The second-order valence-corrected chi connectivity index (χ2v) is 9.58. The maximum Gasteiger partial charge on any atom is 0.243 e. The van der Waals surface area contributed by atoms with Gasteiger partial charge in [0.25, 0.3) is 0 Å². The molecule has 3 aromatic rings. The first-order chi connectivity index (χ1) is 16.3. The molecule has 8 heteroatoms. The fourth-order valence-corrected chi connectivity index (χ4v) is 4.41. The third kappa shape index (κ3) is 5.54. The van der Waals surface area contributed by atoms with Gasteiger partial charge < -0.3 is 9.64 Å². The minimum atomic E-state index is -0.428. The molecule has 0 aromatic heterocycles. The molecular weight excluding hydrogens is 518 g/mol. The van der Waals surface area contributed by atoms with Crippen molar-refractivity contribution in [3.05, 3.63) is 86.8 Å². The van der Waals surface area contributed by atoms with E-state index in [0.717, 1.165) is 21.3 Å². The lowest BCUT2D eigenvalue weighted by Crippen LogP contribution is -2.36. The van der Waals surface area contributed by atoms with Crippen molar-refractivity contribution in [1.82, 2.24) is 5.43 Å². The zero-order chi connectivity index (χ0) is 24.2. The van der Waals surface area contributed by atoms with Crippen LogP contribution in [0.1, 0.15) is 23.1 Å². The van der Waals surface area contributed by atoms with E-state index in [-0.39, 0.29) is 18.2 Å². The van der Waals surface area contributed by atoms with Crippen molar-refractivity contribution in [3.63, 3.8) is 0 Å². The molecule has 0 saturated carbocycles. The van der Waals surface area contributed by atoms with Crippen molar-refractivity contribution in [2.75, 3.05) is 16.9 Å². The van der Waals surface area contributed by atoms with Crippen LogP contribution in [0.25, 0.3) is 0 Å². The van der Waals surface area contributed by atoms with Crippen LogP contribution in [0.4, 0.5) is 11.4 Å². The first kappa shape index (κ1) is 24.1. The molecule has 1 atom stereocenters. The summed E-state index contributed by atoms with van der Waals surface area (Å²) >= 11 is 9.68. The maximum atomic E-state index is 12.7. The predicted octanol–water partition coefficient (Wildman–Crippen LogP) is 5.79. The highest BCUT2D eigenvalue weighted by Gasteiger charge is 2.35. The summed E-state index contributed by atoms with van der Waals surface area (Å²) in [5, 5.41) is 0.654. The minimum Gasteiger partial charge on any atom is -0.488 e. The largest absolute Gasteiger partial charge is 0.488 e. The second kappa shape index (κ2) is 10.5. The van der Waals surface area contributed by atoms with Crippen LogP contribution in [0, 0.1) is 19.8 Å². The van der Waals surface area contributed by atoms with E-state index in [4.69, 9.17) is 16.3 Å². The Bertz CT molecular complexity index is 1230. The van der Waals surface area contributed by atoms with Crippen LogP contribution < -0.4 is 20.5 Å². The van der Waals surface area contributed by atoms with Crippen molar-refractivity contribution >= 4 is 50.7 Å². The average Bonchev–Trinajstić information content (AvgIpc) is 3.21. The third-order valence-corrected chi connectivity index (χ3v) is 6.89. The lowest BCUT2D eigenvalue weighted by molar-refractivity contribution is -0.125. The molecule has 3 aromatic carbocycles. The standard InChI is InChI=1S/C26H25BrClN3O3/c1-16-7-9-21(11-17(16)2)31-14-19(12-25(31)32)26(33)30-29-20-8-10-24(22(27)13-20)34-15-18-5-3-4-6-23(18)28/h3-11,13,19,29H,12,14-15H2,1-2H3,(H,30,33)/t19-/m1/s1. The second-order valence-electron chi connectivity index (χ2n) is 8.31. The van der Waals surface area contributed by atoms with Crippen molar-refractivity contribution in [2.24, 2.45) is 5.92 Å². The number of nitrogens with zero attached hydrogens (tertiary/aromatic N) is 1. The summed E-state index contributed by atoms with van der Waals surface area (Å²) in [6.07, 6.45) is 0.180. The molecule has 1 fully saturated rings. The Morgan fingerprint density at radius 1 is 1.12 bits per heavy atom. The first-order valence-corrected chi connectivity index (χ1v) is 12.1. The molecule has 1 aliphatic rings. The number of aryl methyl sites for hydroxylation is 2. The highest BCUT2D eigenvalue weighted by molar-refractivity contribution is 9.10. The normalized spacial score (nSPS) is 15.4. The Morgan fingerprint density at radius 3 is 2.65 bits per heavy atom. The number of hydrazine groups is 1. The number of benzene rings is 3. The van der Waals surface area contributed by atoms with Crippen molar-refractivity contribution in [1.29, 1.82) is 0 Å². The number of anilines is 2. The molecule has 176 valence electrons. The summed E-state index contributed by atoms with van der Waals surface area (Å²) in [7, 11) is 0. The molecule has 6 nitrogen and oxygen atoms in total. The molecule has 0 spiro atoms. The zero-order valence-corrected chi connectivity index (χ0v) is 21.2. The van der Waals surface area contributed by atoms with Crippen LogP contribution in [-0.4, -0.2) is 18.4 Å². The molecule has 0 radical (unpaired) electrons. The van der Waals surface area contributed by atoms with Gasteiger partial charge in [0.1, 0.15) is 12.4 Å². The molecule has 4 rings (SSSR count). The molecule has 34 heavy (non-hydrogen) atoms. The lowest BCUT2D eigenvalue weighted by atomic mass is 10.1. The van der Waals surface area contributed by atoms with Gasteiger partial charge in [-0.25, -0.2) is 0 Å². The monoisotopic (exact) mass is 541 g/mol. The van der Waals surface area contributed by atoms with Gasteiger partial charge in [-0.1, -0.05) is 35.9 Å². The van der Waals surface area contributed by atoms with Gasteiger partial charge >= 0.3 is 0 Å². The van der Waals surface area contributed by atoms with E-state index in [9.17, 15) is 9.59 Å². The third-order valence-electron chi connectivity index (χ3n) is 5.90. The van der Waals surface area contributed by atoms with Gasteiger partial charge in [-0.15, -0.1) is 0 Å². The summed E-state index contributed by atoms with van der Waals surface area (Å²) in [6, 6.07) is 18.8. The fraction of sp³-hybridized carbons (Fsp3) is 0.231. The van der Waals surface area contributed by atoms with Gasteiger partial charge in [-0.05, 0) is 77.3 Å². The smallest absolute Gasteiger partial charge is 0.243 e. The number of halogens is 2. The summed E-state index contributed by atoms with van der Waals surface area (Å²) in [4.78, 5) is 26.9. The Labute approximate surface area is 212 Å². The molecular formula is C26H25BrClN3O3. The Hall–Kier alpha value is -3.03. The van der Waals surface area contributed by atoms with Crippen LogP contribution >= 0.6 is 27.5 Å². The average molecular weight is 543 g/mol. The quantitative estimate of drug-likeness (QED) is 0.371. The van der Waals surface area contributed by atoms with Gasteiger partial charge in [-0.3, -0.25) is 20.4 Å². The first-order valence-electron chi connectivity index (χ1n) is 10.9. The van der Waals surface area contributed by atoms with Gasteiger partial charge in [0, 0.05) is 29.2 Å². The number of amides is 2. The number of carbonyl (C=O) groups excluding carboxylic acids is 2. The van der Waals surface area contributed by atoms with E-state index < -0.39 is 5.92 Å². The predicted molar refractivity (Wildman–Crippen MR) is 138 cm³/mol. The molecule has 0 bridgehead atoms. The molecule has 2 N–H and O–H groups in total. The Kier molecular flexibility index (Phi) is 7.44. The number of rotatable bonds is 7. The van der Waals surface area contributed by atoms with Crippen LogP contribution in [0.15, 0.2) is 65.1 Å². The van der Waals surface area contributed by atoms with E-state index in [1.54, 1.807) is 17.0 Å². The highest BCUT2D eigenvalue weighted by Crippen LogP contribution is 2.30. The molecule has 1 heterocycles. The fourth-order valence-electron chi connectivity index (χ4n) is 3.73. The minimum absolute atomic E-state index is 0.0498. The van der Waals surface area contributed by atoms with E-state index in [1.807, 2.05) is 62.4 Å². The molecule has 0 unspecified atom stereocenters. The van der Waals surface area contributed by atoms with Crippen molar-refractivity contribution in [2.45, 2.75) is 26.9 Å². The van der Waals surface area contributed by atoms with E-state index in [1.165, 1.54) is 5.56 Å². The number of hydrogen-bond acceptors (Lipinski definition) is 4. The Balaban J connectivity index is 1.32. The molecule has 0 aliphatic carbocycles. The summed E-state index contributed by atoms with van der Waals surface area (Å²) in [5.41, 5.74) is 10.3. The number of carbonyl (C=O) groups is 2. The Morgan fingerprint density at radius 2 is 1.91 bits per heavy atom. The topological polar surface area (TPSA) is 70.7 Å². The summed E-state index contributed by atoms with van der Waals surface area (Å²) in [5.74, 6) is -0.0495. The maximum absolute atomic E-state index is 12.7. The molecule has 1 saturated heterocycles. The molecule has 2 amide bonds. The van der Waals surface area contributed by atoms with Crippen molar-refractivity contribution in [3.8, 4) is 5.75 Å². The van der Waals surface area contributed by atoms with Gasteiger partial charge in [0.05, 0.1) is 16.1 Å². The summed E-state index contributed by atoms with van der Waals surface area (Å²) < 4.78 is 6.59. The molecule has 1 aliphatic heterocycles. The van der Waals surface area contributed by atoms with Gasteiger partial charge in [0.2, 0.25) is 11.8 Å². The number of hydrogen-bond donors (Lipinski definition) is 2. The summed E-state index contributed by atoms with van der Waals surface area (Å²) in [6.45, 7) is 4.74. The van der Waals surface area contributed by atoms with Gasteiger partial charge in [-0.2, -0.15) is 0 Å². The number of ether oxygens (including phenoxy) is 1. The van der Waals surface area contributed by atoms with Crippen LogP contribution in [0.5, 0.6) is 5.75 Å². The lowest BCUT2D eigenvalue weighted by Gasteiger charge is -2.18.